The van der Waals surface area contributed by atoms with E-state index in [-0.39, 0.29) is 58.2 Å². The smallest absolute Gasteiger partial charge is 0.337 e. The minimum Gasteiger partial charge on any atom is -0.478 e. The van der Waals surface area contributed by atoms with Crippen LogP contribution in [0.4, 0.5) is 15.8 Å². The van der Waals surface area contributed by atoms with E-state index >= 15 is 4.39 Å². The highest BCUT2D eigenvalue weighted by atomic mass is 35.5. The van der Waals surface area contributed by atoms with Gasteiger partial charge in [0, 0.05) is 42.6 Å². The highest BCUT2D eigenvalue weighted by Crippen LogP contribution is 2.43. The van der Waals surface area contributed by atoms with Gasteiger partial charge in [0.1, 0.15) is 11.6 Å². The first-order chi connectivity index (χ1) is 22.7. The highest BCUT2D eigenvalue weighted by molar-refractivity contribution is 6.40. The van der Waals surface area contributed by atoms with E-state index < -0.39 is 17.7 Å². The molecule has 2 bridgehead atoms. The number of morpholine rings is 1. The number of nitrogens with zero attached hydrogens (tertiary/aromatic N) is 3. The summed E-state index contributed by atoms with van der Waals surface area (Å²) in [5.41, 5.74) is 2.73. The second kappa shape index (κ2) is 13.1. The van der Waals surface area contributed by atoms with Gasteiger partial charge in [-0.15, -0.1) is 0 Å². The summed E-state index contributed by atoms with van der Waals surface area (Å²) in [4.78, 5) is 31.6. The fraction of sp³-hybridized carbons (Fsp3) is 0.412. The van der Waals surface area contributed by atoms with Gasteiger partial charge in [0.05, 0.1) is 78.0 Å². The van der Waals surface area contributed by atoms with Crippen molar-refractivity contribution in [3.63, 3.8) is 0 Å². The Morgan fingerprint density at radius 1 is 1.02 bits per heavy atom. The number of carboxylic acid groups (broad SMARTS) is 1. The first-order valence-corrected chi connectivity index (χ1v) is 16.3. The molecule has 0 aromatic heterocycles. The second-order valence-corrected chi connectivity index (χ2v) is 13.0. The van der Waals surface area contributed by atoms with Crippen LogP contribution in [-0.2, 0) is 20.8 Å². The first-order valence-electron chi connectivity index (χ1n) is 15.5. The molecule has 4 aliphatic rings. The van der Waals surface area contributed by atoms with Gasteiger partial charge < -0.3 is 38.8 Å². The normalized spacial score (nSPS) is 20.6. The molecule has 3 aromatic rings. The Hall–Kier alpha value is -3.61. The van der Waals surface area contributed by atoms with Crippen molar-refractivity contribution in [1.29, 1.82) is 0 Å². The summed E-state index contributed by atoms with van der Waals surface area (Å²) in [5.74, 6) is -1.82. The van der Waals surface area contributed by atoms with Gasteiger partial charge in [-0.2, -0.15) is 0 Å². The van der Waals surface area contributed by atoms with E-state index in [2.05, 4.69) is 9.80 Å². The average Bonchev–Trinajstić information content (AvgIpc) is 3.27. The molecule has 47 heavy (non-hydrogen) atoms. The van der Waals surface area contributed by atoms with Gasteiger partial charge in [0.15, 0.2) is 6.73 Å². The van der Waals surface area contributed by atoms with Crippen molar-refractivity contribution in [2.45, 2.75) is 37.6 Å². The zero-order chi connectivity index (χ0) is 32.8. The third-order valence-electron chi connectivity index (χ3n) is 9.33. The zero-order valence-electron chi connectivity index (χ0n) is 25.7. The highest BCUT2D eigenvalue weighted by Gasteiger charge is 2.40. The van der Waals surface area contributed by atoms with Gasteiger partial charge in [-0.25, -0.2) is 9.18 Å². The number of hydrogen-bond acceptors (Lipinski definition) is 8. The molecule has 2 atom stereocenters. The Bertz CT molecular complexity index is 1680. The van der Waals surface area contributed by atoms with Gasteiger partial charge in [-0.1, -0.05) is 41.4 Å². The maximum absolute atomic E-state index is 15.7. The van der Waals surface area contributed by atoms with Crippen molar-refractivity contribution in [2.24, 2.45) is 0 Å². The van der Waals surface area contributed by atoms with Crippen molar-refractivity contribution in [3.8, 4) is 16.9 Å². The van der Waals surface area contributed by atoms with Gasteiger partial charge in [0.2, 0.25) is 0 Å². The molecule has 1 N–H and O–H groups in total. The molecule has 0 saturated carbocycles. The molecule has 7 rings (SSSR count). The number of hydrogen-bond donors (Lipinski definition) is 1. The minimum atomic E-state index is -1.19. The monoisotopic (exact) mass is 685 g/mol. The van der Waals surface area contributed by atoms with Crippen LogP contribution in [0.3, 0.4) is 0 Å². The molecule has 248 valence electrons. The van der Waals surface area contributed by atoms with Gasteiger partial charge in [0.25, 0.3) is 5.91 Å². The molecule has 3 fully saturated rings. The van der Waals surface area contributed by atoms with Crippen molar-refractivity contribution >= 4 is 46.5 Å². The molecule has 2 unspecified atom stereocenters. The lowest BCUT2D eigenvalue weighted by molar-refractivity contribution is 0.00399. The summed E-state index contributed by atoms with van der Waals surface area (Å²) in [7, 11) is 1.63. The Labute approximate surface area is 281 Å². The van der Waals surface area contributed by atoms with Crippen molar-refractivity contribution in [3.05, 3.63) is 75.0 Å². The van der Waals surface area contributed by atoms with Crippen LogP contribution >= 0.6 is 23.2 Å². The largest absolute Gasteiger partial charge is 0.478 e. The lowest BCUT2D eigenvalue weighted by Crippen LogP contribution is -2.52. The molecule has 4 aliphatic heterocycles. The maximum Gasteiger partial charge on any atom is 0.337 e. The fourth-order valence-corrected chi connectivity index (χ4v) is 7.59. The summed E-state index contributed by atoms with van der Waals surface area (Å²) in [6.07, 6.45) is 1.84. The fourth-order valence-electron chi connectivity index (χ4n) is 6.95. The Balaban J connectivity index is 1.12. The molecule has 0 aliphatic carbocycles. The summed E-state index contributed by atoms with van der Waals surface area (Å²) in [6.45, 7) is 3.47. The topological polar surface area (TPSA) is 101 Å². The zero-order valence-corrected chi connectivity index (χ0v) is 27.2. The Morgan fingerprint density at radius 3 is 2.43 bits per heavy atom. The van der Waals surface area contributed by atoms with Crippen LogP contribution in [0, 0.1) is 5.82 Å². The van der Waals surface area contributed by atoms with Crippen LogP contribution in [0.5, 0.6) is 5.75 Å². The van der Waals surface area contributed by atoms with Crippen molar-refractivity contribution in [2.75, 3.05) is 63.2 Å². The third-order valence-corrected chi connectivity index (χ3v) is 9.93. The summed E-state index contributed by atoms with van der Waals surface area (Å²) in [6, 6.07) is 11.5. The van der Waals surface area contributed by atoms with Crippen molar-refractivity contribution in [1.82, 2.24) is 4.90 Å². The van der Waals surface area contributed by atoms with Gasteiger partial charge >= 0.3 is 5.97 Å². The number of fused-ring (bicyclic) bond motifs is 3. The van der Waals surface area contributed by atoms with Gasteiger partial charge in [-0.3, -0.25) is 4.79 Å². The summed E-state index contributed by atoms with van der Waals surface area (Å²) >= 11 is 13.3. The van der Waals surface area contributed by atoms with E-state index in [1.54, 1.807) is 37.4 Å². The lowest BCUT2D eigenvalue weighted by Gasteiger charge is -2.41. The van der Waals surface area contributed by atoms with E-state index in [9.17, 15) is 14.7 Å². The molecule has 3 saturated heterocycles. The number of anilines is 2. The predicted molar refractivity (Wildman–Crippen MR) is 175 cm³/mol. The molecule has 0 radical (unpaired) electrons. The number of halogens is 3. The molecule has 1 amide bonds. The maximum atomic E-state index is 15.7. The van der Waals surface area contributed by atoms with Crippen LogP contribution in [0.15, 0.2) is 42.5 Å². The van der Waals surface area contributed by atoms with E-state index in [4.69, 9.17) is 42.1 Å². The van der Waals surface area contributed by atoms with Gasteiger partial charge in [-0.05, 0) is 37.1 Å². The predicted octanol–water partition coefficient (Wildman–Crippen LogP) is 5.71. The number of aromatic carboxylic acids is 1. The first kappa shape index (κ1) is 32.0. The van der Waals surface area contributed by atoms with Crippen molar-refractivity contribution < 1.29 is 38.0 Å². The number of carbonyl (C=O) groups excluding carboxylic acids is 1. The molecule has 3 aromatic carbocycles. The number of amides is 1. The Kier molecular flexibility index (Phi) is 8.92. The molecule has 4 heterocycles. The van der Waals surface area contributed by atoms with E-state index in [1.807, 2.05) is 6.07 Å². The standard InChI is InChI=1S/C34H34Cl2FN3O7/c1-44-7-8-46-23-14-38(15-23)22-9-27(35)31(28(36)10-22)33(41)39-13-19-3-2-4-24(32(19)47-18-39)25-12-30(26(34(42)43)11-29(25)37)40-20-5-6-21(40)17-45-16-20/h2-4,9-12,20-21,23H,5-8,13-18H2,1H3,(H,42,43). The number of rotatable bonds is 9. The Morgan fingerprint density at radius 2 is 1.74 bits per heavy atom. The number of methoxy groups -OCH3 is 1. The molecule has 10 nitrogen and oxygen atoms in total. The second-order valence-electron chi connectivity index (χ2n) is 12.2. The van der Waals surface area contributed by atoms with E-state index in [0.717, 1.165) is 24.6 Å². The number of carboxylic acids is 1. The molecular formula is C34H34Cl2FN3O7. The third kappa shape index (κ3) is 6.00. The lowest BCUT2D eigenvalue weighted by atomic mass is 9.96. The minimum absolute atomic E-state index is 0.0290. The average molecular weight is 687 g/mol. The van der Waals surface area contributed by atoms with E-state index in [1.165, 1.54) is 4.90 Å². The van der Waals surface area contributed by atoms with E-state index in [0.29, 0.717) is 62.1 Å². The summed E-state index contributed by atoms with van der Waals surface area (Å²) < 4.78 is 38.3. The van der Waals surface area contributed by atoms with Crippen LogP contribution in [0.1, 0.15) is 39.1 Å². The number of carbonyl (C=O) groups is 2. The molecular weight excluding hydrogens is 652 g/mol. The number of benzene rings is 3. The number of ether oxygens (including phenoxy) is 4. The molecule has 13 heteroatoms. The quantitative estimate of drug-likeness (QED) is 0.284. The van der Waals surface area contributed by atoms with Crippen LogP contribution < -0.4 is 14.5 Å². The summed E-state index contributed by atoms with van der Waals surface area (Å²) in [5, 5.41) is 10.4. The number of para-hydroxylation sites is 1. The molecule has 0 spiro atoms. The van der Waals surface area contributed by atoms with Crippen LogP contribution in [0.25, 0.3) is 11.1 Å². The van der Waals surface area contributed by atoms with Crippen LogP contribution in [-0.4, -0.2) is 93.4 Å². The SMILES string of the molecule is COCCOC1CN(c2cc(Cl)c(C(=O)N3COc4c(cccc4-c4cc(N5C6CCC5COC6)c(C(=O)O)cc4F)C3)c(Cl)c2)C1. The van der Waals surface area contributed by atoms with Crippen LogP contribution in [0.2, 0.25) is 10.0 Å².